The van der Waals surface area contributed by atoms with E-state index in [0.717, 1.165) is 24.5 Å². The number of anilines is 1. The van der Waals surface area contributed by atoms with Gasteiger partial charge in [0.2, 0.25) is 0 Å². The molecule has 0 bridgehead atoms. The third-order valence-electron chi connectivity index (χ3n) is 1.89. The van der Waals surface area contributed by atoms with Crippen LogP contribution >= 0.6 is 0 Å². The van der Waals surface area contributed by atoms with Crippen molar-refractivity contribution in [1.82, 2.24) is 25.0 Å². The fraction of sp³-hybridized carbons (Fsp3) is 0.400. The van der Waals surface area contributed by atoms with Gasteiger partial charge >= 0.3 is 0 Å². The highest BCUT2D eigenvalue weighted by atomic mass is 15.5. The molecule has 0 aromatic carbocycles. The van der Waals surface area contributed by atoms with Crippen molar-refractivity contribution in [3.63, 3.8) is 0 Å². The van der Waals surface area contributed by atoms with E-state index in [1.165, 1.54) is 0 Å². The molecule has 56 valence electrons. The van der Waals surface area contributed by atoms with Gasteiger partial charge in [-0.2, -0.15) is 10.2 Å². The standard InChI is InChI=1S/C5H6N6/c1-2-6-4-3(1)11-5(7-4)8-9-10-11/h6H,1-2H2,(H,7,8,10). The molecular weight excluding hydrogens is 144 g/mol. The van der Waals surface area contributed by atoms with E-state index < -0.39 is 0 Å². The Morgan fingerprint density at radius 2 is 2.45 bits per heavy atom. The van der Waals surface area contributed by atoms with Crippen molar-refractivity contribution < 1.29 is 0 Å². The van der Waals surface area contributed by atoms with Gasteiger partial charge in [0.15, 0.2) is 5.82 Å². The maximum Gasteiger partial charge on any atom is 0.273 e. The maximum absolute atomic E-state index is 4.20. The molecule has 0 aliphatic carbocycles. The van der Waals surface area contributed by atoms with Crippen LogP contribution in [0.15, 0.2) is 0 Å². The Hall–Kier alpha value is -1.59. The van der Waals surface area contributed by atoms with Crippen molar-refractivity contribution >= 4 is 11.6 Å². The van der Waals surface area contributed by atoms with Gasteiger partial charge in [-0.15, -0.1) is 0 Å². The average molecular weight is 150 g/mol. The van der Waals surface area contributed by atoms with Crippen LogP contribution in [0, 0.1) is 0 Å². The Kier molecular flexibility index (Phi) is 0.708. The summed E-state index contributed by atoms with van der Waals surface area (Å²) in [7, 11) is 0. The molecule has 6 heteroatoms. The maximum atomic E-state index is 4.20. The molecule has 1 aliphatic rings. The van der Waals surface area contributed by atoms with E-state index >= 15 is 0 Å². The quantitative estimate of drug-likeness (QED) is 0.527. The molecule has 0 amide bonds. The molecule has 0 fully saturated rings. The van der Waals surface area contributed by atoms with Gasteiger partial charge in [0, 0.05) is 13.0 Å². The first kappa shape index (κ1) is 5.11. The minimum absolute atomic E-state index is 0.641. The largest absolute Gasteiger partial charge is 0.368 e. The number of aromatic nitrogens is 5. The summed E-state index contributed by atoms with van der Waals surface area (Å²) in [6, 6.07) is 0. The number of tetrazole rings is 1. The fourth-order valence-corrected chi connectivity index (χ4v) is 1.40. The Labute approximate surface area is 61.6 Å². The third kappa shape index (κ3) is 0.495. The Morgan fingerprint density at radius 3 is 3.45 bits per heavy atom. The summed E-state index contributed by atoms with van der Waals surface area (Å²) < 4.78 is 1.80. The number of hydrogen-bond acceptors (Lipinski definition) is 4. The van der Waals surface area contributed by atoms with Gasteiger partial charge < -0.3 is 5.32 Å². The van der Waals surface area contributed by atoms with E-state index in [2.05, 4.69) is 25.8 Å². The molecule has 3 rings (SSSR count). The van der Waals surface area contributed by atoms with Gasteiger partial charge in [-0.3, -0.25) is 0 Å². The lowest BCUT2D eigenvalue weighted by Crippen LogP contribution is -1.95. The van der Waals surface area contributed by atoms with Crippen molar-refractivity contribution in [2.45, 2.75) is 6.42 Å². The van der Waals surface area contributed by atoms with Crippen LogP contribution in [0.3, 0.4) is 0 Å². The molecule has 6 nitrogen and oxygen atoms in total. The van der Waals surface area contributed by atoms with Crippen molar-refractivity contribution in [3.05, 3.63) is 5.69 Å². The van der Waals surface area contributed by atoms with E-state index in [1.807, 2.05) is 0 Å². The van der Waals surface area contributed by atoms with E-state index in [4.69, 9.17) is 0 Å². The third-order valence-corrected chi connectivity index (χ3v) is 1.89. The second kappa shape index (κ2) is 1.52. The van der Waals surface area contributed by atoms with Crippen LogP contribution in [0.5, 0.6) is 0 Å². The van der Waals surface area contributed by atoms with E-state index in [0.29, 0.717) is 5.78 Å². The first-order chi connectivity index (χ1) is 5.45. The number of H-pyrrole nitrogens is 1. The van der Waals surface area contributed by atoms with Crippen molar-refractivity contribution in [2.75, 3.05) is 11.9 Å². The van der Waals surface area contributed by atoms with E-state index in [1.54, 1.807) is 4.52 Å². The van der Waals surface area contributed by atoms with Crippen LogP contribution in [0.1, 0.15) is 5.69 Å². The molecule has 2 aromatic heterocycles. The zero-order valence-electron chi connectivity index (χ0n) is 5.70. The molecule has 0 saturated heterocycles. The number of imidazole rings is 1. The van der Waals surface area contributed by atoms with Crippen LogP contribution in [-0.4, -0.2) is 31.6 Å². The first-order valence-electron chi connectivity index (χ1n) is 3.47. The highest BCUT2D eigenvalue weighted by Crippen LogP contribution is 2.19. The van der Waals surface area contributed by atoms with Crippen molar-refractivity contribution in [3.8, 4) is 0 Å². The lowest BCUT2D eigenvalue weighted by Gasteiger charge is -1.84. The number of aromatic amines is 1. The Balaban J connectivity index is 2.46. The highest BCUT2D eigenvalue weighted by molar-refractivity contribution is 5.52. The molecule has 0 radical (unpaired) electrons. The van der Waals surface area contributed by atoms with Crippen molar-refractivity contribution in [1.29, 1.82) is 0 Å². The lowest BCUT2D eigenvalue weighted by molar-refractivity contribution is 0.794. The summed E-state index contributed by atoms with van der Waals surface area (Å²) in [6.45, 7) is 0.958. The van der Waals surface area contributed by atoms with Gasteiger partial charge in [0.1, 0.15) is 0 Å². The number of nitrogens with zero attached hydrogens (tertiary/aromatic N) is 4. The molecule has 11 heavy (non-hydrogen) atoms. The normalized spacial score (nSPS) is 15.3. The molecule has 3 heterocycles. The average Bonchev–Trinajstić information content (AvgIpc) is 2.52. The fourth-order valence-electron chi connectivity index (χ4n) is 1.40. The zero-order chi connectivity index (χ0) is 7.26. The topological polar surface area (TPSA) is 70.9 Å². The second-order valence-corrected chi connectivity index (χ2v) is 2.52. The SMILES string of the molecule is C1Cc2c(nc3nn[nH]n23)N1. The minimum atomic E-state index is 0.641. The Morgan fingerprint density at radius 1 is 1.45 bits per heavy atom. The molecule has 0 saturated carbocycles. The zero-order valence-corrected chi connectivity index (χ0v) is 5.70. The molecular formula is C5H6N6. The molecule has 1 aliphatic heterocycles. The van der Waals surface area contributed by atoms with Crippen LogP contribution < -0.4 is 5.32 Å². The van der Waals surface area contributed by atoms with E-state index in [-0.39, 0.29) is 0 Å². The van der Waals surface area contributed by atoms with Crippen molar-refractivity contribution in [2.24, 2.45) is 0 Å². The monoisotopic (exact) mass is 150 g/mol. The number of fused-ring (bicyclic) bond motifs is 3. The number of rotatable bonds is 0. The summed E-state index contributed by atoms with van der Waals surface area (Å²) in [6.07, 6.45) is 0.986. The number of nitrogens with one attached hydrogen (secondary N) is 2. The predicted octanol–water partition coefficient (Wildman–Crippen LogP) is -0.580. The van der Waals surface area contributed by atoms with Gasteiger partial charge in [0.25, 0.3) is 5.78 Å². The van der Waals surface area contributed by atoms with Gasteiger partial charge in [-0.25, -0.2) is 4.52 Å². The van der Waals surface area contributed by atoms with Crippen LogP contribution in [-0.2, 0) is 6.42 Å². The summed E-state index contributed by atoms with van der Waals surface area (Å²) in [5, 5.41) is 13.3. The first-order valence-corrected chi connectivity index (χ1v) is 3.47. The Bertz CT molecular complexity index is 398. The van der Waals surface area contributed by atoms with E-state index in [9.17, 15) is 0 Å². The van der Waals surface area contributed by atoms with Gasteiger partial charge in [-0.05, 0) is 5.21 Å². The molecule has 0 spiro atoms. The molecule has 0 atom stereocenters. The molecule has 2 N–H and O–H groups in total. The van der Waals surface area contributed by atoms with Crippen LogP contribution in [0.2, 0.25) is 0 Å². The summed E-state index contributed by atoms with van der Waals surface area (Å²) in [5.41, 5.74) is 1.14. The lowest BCUT2D eigenvalue weighted by atomic mass is 10.4. The predicted molar refractivity (Wildman–Crippen MR) is 37.3 cm³/mol. The summed E-state index contributed by atoms with van der Waals surface area (Å²) >= 11 is 0. The summed E-state index contributed by atoms with van der Waals surface area (Å²) in [4.78, 5) is 4.20. The molecule has 0 unspecified atom stereocenters. The second-order valence-electron chi connectivity index (χ2n) is 2.52. The summed E-state index contributed by atoms with van der Waals surface area (Å²) in [5.74, 6) is 1.58. The smallest absolute Gasteiger partial charge is 0.273 e. The van der Waals surface area contributed by atoms with Gasteiger partial charge in [0.05, 0.1) is 5.69 Å². The number of hydrogen-bond donors (Lipinski definition) is 2. The van der Waals surface area contributed by atoms with Crippen LogP contribution in [0.4, 0.5) is 5.82 Å². The van der Waals surface area contributed by atoms with Crippen LogP contribution in [0.25, 0.3) is 5.78 Å². The van der Waals surface area contributed by atoms with Gasteiger partial charge in [-0.1, -0.05) is 5.10 Å². The minimum Gasteiger partial charge on any atom is -0.368 e. The highest BCUT2D eigenvalue weighted by Gasteiger charge is 2.18. The molecule has 2 aromatic rings.